The van der Waals surface area contributed by atoms with Gasteiger partial charge in [-0.25, -0.2) is 9.18 Å². The van der Waals surface area contributed by atoms with Crippen LogP contribution < -0.4 is 0 Å². The summed E-state index contributed by atoms with van der Waals surface area (Å²) < 4.78 is 13.7. The predicted octanol–water partition coefficient (Wildman–Crippen LogP) is 2.15. The summed E-state index contributed by atoms with van der Waals surface area (Å²) in [4.78, 5) is 10.5. The first-order chi connectivity index (χ1) is 6.45. The van der Waals surface area contributed by atoms with E-state index in [0.717, 1.165) is 0 Å². The topological polar surface area (TPSA) is 57.5 Å². The summed E-state index contributed by atoms with van der Waals surface area (Å²) in [5.74, 6) is -1.91. The van der Waals surface area contributed by atoms with Crippen LogP contribution in [0.5, 0.6) is 0 Å². The second-order valence-corrected chi connectivity index (χ2v) is 4.74. The molecule has 0 aromatic heterocycles. The number of hydrogen-bond donors (Lipinski definition) is 2. The second-order valence-electron chi connectivity index (χ2n) is 2.50. The van der Waals surface area contributed by atoms with Gasteiger partial charge in [-0.1, -0.05) is 0 Å². The molecule has 14 heavy (non-hydrogen) atoms. The highest BCUT2D eigenvalue weighted by Crippen LogP contribution is 2.27. The maximum absolute atomic E-state index is 13.1. The van der Waals surface area contributed by atoms with Crippen molar-refractivity contribution in [1.82, 2.24) is 0 Å². The Labute approximate surface area is 107 Å². The standard InChI is InChI=1S/C8H5FI2O3/c9-3-1-2-4(10)5(6(3)11)7(12)8(13)14/h1-2,7,12H,(H,13,14). The molecule has 1 aromatic carbocycles. The molecule has 76 valence electrons. The third kappa shape index (κ3) is 2.34. The molecule has 0 fully saturated rings. The summed E-state index contributed by atoms with van der Waals surface area (Å²) in [5.41, 5.74) is 0.110. The molecule has 0 saturated carbocycles. The van der Waals surface area contributed by atoms with Gasteiger partial charge < -0.3 is 10.2 Å². The Kier molecular flexibility index (Phi) is 4.07. The Morgan fingerprint density at radius 1 is 1.43 bits per heavy atom. The third-order valence-corrected chi connectivity index (χ3v) is 3.62. The van der Waals surface area contributed by atoms with E-state index in [1.807, 2.05) is 22.6 Å². The third-order valence-electron chi connectivity index (χ3n) is 1.59. The Balaban J connectivity index is 3.32. The van der Waals surface area contributed by atoms with Gasteiger partial charge in [-0.3, -0.25) is 0 Å². The van der Waals surface area contributed by atoms with Crippen molar-refractivity contribution in [1.29, 1.82) is 0 Å². The highest BCUT2D eigenvalue weighted by Gasteiger charge is 2.23. The number of benzene rings is 1. The van der Waals surface area contributed by atoms with Crippen LogP contribution in [0.1, 0.15) is 11.7 Å². The number of carboxylic acids is 1. The van der Waals surface area contributed by atoms with Gasteiger partial charge in [0.25, 0.3) is 0 Å². The summed E-state index contributed by atoms with van der Waals surface area (Å²) in [5, 5.41) is 17.9. The van der Waals surface area contributed by atoms with Crippen LogP contribution in [0.25, 0.3) is 0 Å². The minimum absolute atomic E-state index is 0.110. The van der Waals surface area contributed by atoms with Crippen LogP contribution in [0, 0.1) is 13.0 Å². The lowest BCUT2D eigenvalue weighted by Gasteiger charge is -2.11. The monoisotopic (exact) mass is 422 g/mol. The van der Waals surface area contributed by atoms with Crippen molar-refractivity contribution in [3.05, 3.63) is 30.7 Å². The number of carboxylic acid groups (broad SMARTS) is 1. The summed E-state index contributed by atoms with van der Waals surface area (Å²) in [6.07, 6.45) is -1.68. The van der Waals surface area contributed by atoms with Crippen LogP contribution in [0.15, 0.2) is 12.1 Å². The van der Waals surface area contributed by atoms with Crippen molar-refractivity contribution in [2.45, 2.75) is 6.10 Å². The minimum Gasteiger partial charge on any atom is -0.479 e. The molecular formula is C8H5FI2O3. The number of rotatable bonds is 2. The van der Waals surface area contributed by atoms with Gasteiger partial charge in [-0.05, 0) is 57.3 Å². The van der Waals surface area contributed by atoms with Gasteiger partial charge in [-0.15, -0.1) is 0 Å². The summed E-state index contributed by atoms with van der Waals surface area (Å²) in [7, 11) is 0. The fourth-order valence-electron chi connectivity index (χ4n) is 0.917. The molecular weight excluding hydrogens is 417 g/mol. The van der Waals surface area contributed by atoms with E-state index in [1.54, 1.807) is 22.6 Å². The molecule has 1 atom stereocenters. The number of aliphatic hydroxyl groups is 1. The molecule has 0 heterocycles. The van der Waals surface area contributed by atoms with E-state index in [4.69, 9.17) is 5.11 Å². The minimum atomic E-state index is -1.68. The first-order valence-corrected chi connectivity index (χ1v) is 5.65. The molecule has 0 aliphatic heterocycles. The van der Waals surface area contributed by atoms with Crippen LogP contribution in [-0.2, 0) is 4.79 Å². The molecule has 1 aromatic rings. The van der Waals surface area contributed by atoms with Crippen molar-refractivity contribution in [3.63, 3.8) is 0 Å². The molecule has 0 spiro atoms. The Morgan fingerprint density at radius 2 is 2.00 bits per heavy atom. The number of hydrogen-bond acceptors (Lipinski definition) is 2. The Morgan fingerprint density at radius 3 is 2.50 bits per heavy atom. The van der Waals surface area contributed by atoms with Gasteiger partial charge in [0.2, 0.25) is 0 Å². The van der Waals surface area contributed by atoms with E-state index in [1.165, 1.54) is 12.1 Å². The van der Waals surface area contributed by atoms with Gasteiger partial charge in [0.15, 0.2) is 6.10 Å². The molecule has 0 aliphatic carbocycles. The van der Waals surface area contributed by atoms with Crippen molar-refractivity contribution in [3.8, 4) is 0 Å². The first-order valence-electron chi connectivity index (χ1n) is 3.49. The maximum Gasteiger partial charge on any atom is 0.337 e. The summed E-state index contributed by atoms with van der Waals surface area (Å²) in [6, 6.07) is 2.67. The van der Waals surface area contributed by atoms with Crippen LogP contribution in [-0.4, -0.2) is 16.2 Å². The van der Waals surface area contributed by atoms with Crippen molar-refractivity contribution < 1.29 is 19.4 Å². The normalized spacial score (nSPS) is 12.6. The lowest BCUT2D eigenvalue weighted by Crippen LogP contribution is -2.14. The lowest BCUT2D eigenvalue weighted by molar-refractivity contribution is -0.147. The zero-order chi connectivity index (χ0) is 10.9. The van der Waals surface area contributed by atoms with Crippen LogP contribution in [0.3, 0.4) is 0 Å². The fourth-order valence-corrected chi connectivity index (χ4v) is 2.94. The quantitative estimate of drug-likeness (QED) is 0.568. The fraction of sp³-hybridized carbons (Fsp3) is 0.125. The summed E-state index contributed by atoms with van der Waals surface area (Å²) in [6.45, 7) is 0. The first kappa shape index (κ1) is 12.1. The number of aliphatic hydroxyl groups excluding tert-OH is 1. The predicted molar refractivity (Wildman–Crippen MR) is 64.4 cm³/mol. The molecule has 1 unspecified atom stereocenters. The average molecular weight is 422 g/mol. The maximum atomic E-state index is 13.1. The van der Waals surface area contributed by atoms with E-state index >= 15 is 0 Å². The van der Waals surface area contributed by atoms with Crippen LogP contribution >= 0.6 is 45.2 Å². The zero-order valence-electron chi connectivity index (χ0n) is 6.67. The Hall–Kier alpha value is 0.0400. The van der Waals surface area contributed by atoms with Gasteiger partial charge in [0.1, 0.15) is 5.82 Å². The molecule has 0 bridgehead atoms. The van der Waals surface area contributed by atoms with Crippen LogP contribution in [0.2, 0.25) is 0 Å². The lowest BCUT2D eigenvalue weighted by atomic mass is 10.1. The highest BCUT2D eigenvalue weighted by molar-refractivity contribution is 14.1. The molecule has 0 saturated heterocycles. The molecule has 3 nitrogen and oxygen atoms in total. The second kappa shape index (κ2) is 4.71. The Bertz CT molecular complexity index is 381. The number of carbonyl (C=O) groups is 1. The van der Waals surface area contributed by atoms with E-state index < -0.39 is 17.9 Å². The van der Waals surface area contributed by atoms with Gasteiger partial charge in [-0.2, -0.15) is 0 Å². The summed E-state index contributed by atoms with van der Waals surface area (Å²) >= 11 is 3.53. The largest absolute Gasteiger partial charge is 0.479 e. The van der Waals surface area contributed by atoms with E-state index in [-0.39, 0.29) is 9.13 Å². The van der Waals surface area contributed by atoms with Crippen molar-refractivity contribution in [2.75, 3.05) is 0 Å². The van der Waals surface area contributed by atoms with Gasteiger partial charge in [0.05, 0.1) is 3.57 Å². The molecule has 2 N–H and O–H groups in total. The van der Waals surface area contributed by atoms with Crippen molar-refractivity contribution >= 4 is 51.2 Å². The van der Waals surface area contributed by atoms with Crippen molar-refractivity contribution in [2.24, 2.45) is 0 Å². The molecule has 1 rings (SSSR count). The zero-order valence-corrected chi connectivity index (χ0v) is 11.0. The average Bonchev–Trinajstić information content (AvgIpc) is 2.12. The smallest absolute Gasteiger partial charge is 0.337 e. The molecule has 0 aliphatic rings. The van der Waals surface area contributed by atoms with E-state index in [2.05, 4.69) is 0 Å². The molecule has 0 radical (unpaired) electrons. The number of aliphatic carboxylic acids is 1. The molecule has 6 heteroatoms. The molecule has 0 amide bonds. The van der Waals surface area contributed by atoms with Gasteiger partial charge in [0, 0.05) is 9.13 Å². The van der Waals surface area contributed by atoms with E-state index in [0.29, 0.717) is 3.57 Å². The number of halogens is 3. The SMILES string of the molecule is O=C(O)C(O)c1c(I)ccc(F)c1I. The van der Waals surface area contributed by atoms with Gasteiger partial charge >= 0.3 is 5.97 Å². The van der Waals surface area contributed by atoms with Crippen LogP contribution in [0.4, 0.5) is 4.39 Å². The highest BCUT2D eigenvalue weighted by atomic mass is 127. The van der Waals surface area contributed by atoms with E-state index in [9.17, 15) is 14.3 Å².